The van der Waals surface area contributed by atoms with Gasteiger partial charge in [0.25, 0.3) is 0 Å². The number of nitrogens with zero attached hydrogens (tertiary/aromatic N) is 3. The van der Waals surface area contributed by atoms with E-state index in [0.717, 1.165) is 0 Å². The number of rotatable bonds is 1. The molecule has 1 aromatic heterocycles. The zero-order valence-corrected chi connectivity index (χ0v) is 5.92. The fourth-order valence-corrected chi connectivity index (χ4v) is 1.18. The second-order valence-corrected chi connectivity index (χ2v) is 2.56. The standard InChI is InChI=1S/C6H9N3O2/c10-6-4-11-3-5(6)9-2-1-7-8-9/h1-2,5-6,10H,3-4H2/t5-,6+/m1/s1. The quantitative estimate of drug-likeness (QED) is 0.577. The maximum absolute atomic E-state index is 9.35. The van der Waals surface area contributed by atoms with Gasteiger partial charge < -0.3 is 9.84 Å². The molecule has 1 fully saturated rings. The topological polar surface area (TPSA) is 60.2 Å². The van der Waals surface area contributed by atoms with Crippen molar-refractivity contribution in [1.82, 2.24) is 15.0 Å². The maximum atomic E-state index is 9.35. The first-order valence-corrected chi connectivity index (χ1v) is 3.49. The van der Waals surface area contributed by atoms with E-state index in [0.29, 0.717) is 13.2 Å². The zero-order valence-electron chi connectivity index (χ0n) is 5.92. The number of hydrogen-bond acceptors (Lipinski definition) is 4. The number of ether oxygens (including phenoxy) is 1. The average Bonchev–Trinajstić information content (AvgIpc) is 2.55. The van der Waals surface area contributed by atoms with E-state index >= 15 is 0 Å². The Morgan fingerprint density at radius 2 is 2.45 bits per heavy atom. The molecule has 5 heteroatoms. The Morgan fingerprint density at radius 1 is 1.55 bits per heavy atom. The molecule has 0 saturated carbocycles. The summed E-state index contributed by atoms with van der Waals surface area (Å²) in [6.45, 7) is 0.912. The molecule has 0 aromatic carbocycles. The van der Waals surface area contributed by atoms with Crippen LogP contribution in [0.1, 0.15) is 6.04 Å². The summed E-state index contributed by atoms with van der Waals surface area (Å²) < 4.78 is 6.68. The first kappa shape index (κ1) is 6.75. The molecule has 0 radical (unpaired) electrons. The van der Waals surface area contributed by atoms with Gasteiger partial charge in [0.1, 0.15) is 12.1 Å². The zero-order chi connectivity index (χ0) is 7.68. The highest BCUT2D eigenvalue weighted by molar-refractivity contribution is 4.81. The highest BCUT2D eigenvalue weighted by Crippen LogP contribution is 2.17. The normalized spacial score (nSPS) is 31.0. The Balaban J connectivity index is 2.16. The summed E-state index contributed by atoms with van der Waals surface area (Å²) in [6.07, 6.45) is 2.87. The molecule has 60 valence electrons. The lowest BCUT2D eigenvalue weighted by Gasteiger charge is -2.10. The summed E-state index contributed by atoms with van der Waals surface area (Å²) in [5.41, 5.74) is 0. The van der Waals surface area contributed by atoms with Gasteiger partial charge in [0.05, 0.1) is 19.4 Å². The molecule has 0 spiro atoms. The van der Waals surface area contributed by atoms with Crippen molar-refractivity contribution in [3.8, 4) is 0 Å². The molecule has 2 rings (SSSR count). The average molecular weight is 155 g/mol. The van der Waals surface area contributed by atoms with Crippen molar-refractivity contribution in [2.24, 2.45) is 0 Å². The first-order chi connectivity index (χ1) is 5.38. The predicted octanol–water partition coefficient (Wildman–Crippen LogP) is -0.790. The number of aliphatic hydroxyl groups excluding tert-OH is 1. The van der Waals surface area contributed by atoms with Crippen LogP contribution < -0.4 is 0 Å². The molecular formula is C6H9N3O2. The molecular weight excluding hydrogens is 146 g/mol. The number of aromatic nitrogens is 3. The van der Waals surface area contributed by atoms with Crippen molar-refractivity contribution in [2.75, 3.05) is 13.2 Å². The van der Waals surface area contributed by atoms with Crippen LogP contribution in [0.2, 0.25) is 0 Å². The minimum atomic E-state index is -0.448. The van der Waals surface area contributed by atoms with Gasteiger partial charge in [0.2, 0.25) is 0 Å². The minimum absolute atomic E-state index is 0.0579. The van der Waals surface area contributed by atoms with Crippen LogP contribution in [-0.4, -0.2) is 39.4 Å². The first-order valence-electron chi connectivity index (χ1n) is 3.49. The van der Waals surface area contributed by atoms with Crippen LogP contribution in [-0.2, 0) is 4.74 Å². The van der Waals surface area contributed by atoms with Gasteiger partial charge in [-0.15, -0.1) is 5.10 Å². The van der Waals surface area contributed by atoms with Gasteiger partial charge in [-0.05, 0) is 0 Å². The van der Waals surface area contributed by atoms with Gasteiger partial charge in [-0.3, -0.25) is 0 Å². The third kappa shape index (κ3) is 1.12. The van der Waals surface area contributed by atoms with Crippen LogP contribution in [0.15, 0.2) is 12.4 Å². The van der Waals surface area contributed by atoms with Crippen molar-refractivity contribution in [3.63, 3.8) is 0 Å². The summed E-state index contributed by atoms with van der Waals surface area (Å²) in [5.74, 6) is 0. The van der Waals surface area contributed by atoms with Crippen LogP contribution >= 0.6 is 0 Å². The lowest BCUT2D eigenvalue weighted by molar-refractivity contribution is 0.117. The molecule has 1 N–H and O–H groups in total. The molecule has 1 aliphatic heterocycles. The molecule has 5 nitrogen and oxygen atoms in total. The molecule has 0 bridgehead atoms. The lowest BCUT2D eigenvalue weighted by atomic mass is 10.2. The maximum Gasteiger partial charge on any atom is 0.105 e. The third-order valence-corrected chi connectivity index (χ3v) is 1.80. The molecule has 1 aliphatic rings. The lowest BCUT2D eigenvalue weighted by Crippen LogP contribution is -2.22. The van der Waals surface area contributed by atoms with Gasteiger partial charge in [0.15, 0.2) is 0 Å². The van der Waals surface area contributed by atoms with E-state index in [4.69, 9.17) is 4.74 Å². The van der Waals surface area contributed by atoms with Crippen molar-refractivity contribution >= 4 is 0 Å². The van der Waals surface area contributed by atoms with Crippen molar-refractivity contribution in [1.29, 1.82) is 0 Å². The Kier molecular flexibility index (Phi) is 1.59. The monoisotopic (exact) mass is 155 g/mol. The molecule has 0 amide bonds. The second-order valence-electron chi connectivity index (χ2n) is 2.56. The SMILES string of the molecule is O[C@H]1COC[C@H]1n1ccnn1. The second kappa shape index (κ2) is 2.60. The van der Waals surface area contributed by atoms with Crippen LogP contribution in [0, 0.1) is 0 Å². The van der Waals surface area contributed by atoms with E-state index in [1.807, 2.05) is 0 Å². The Bertz CT molecular complexity index is 224. The molecule has 2 heterocycles. The molecule has 0 aliphatic carbocycles. The summed E-state index contributed by atoms with van der Waals surface area (Å²) in [6, 6.07) is -0.0579. The van der Waals surface area contributed by atoms with E-state index in [1.165, 1.54) is 0 Å². The van der Waals surface area contributed by atoms with Crippen molar-refractivity contribution in [3.05, 3.63) is 12.4 Å². The fraction of sp³-hybridized carbons (Fsp3) is 0.667. The summed E-state index contributed by atoms with van der Waals surface area (Å²) >= 11 is 0. The van der Waals surface area contributed by atoms with E-state index in [-0.39, 0.29) is 6.04 Å². The van der Waals surface area contributed by atoms with E-state index in [2.05, 4.69) is 10.3 Å². The summed E-state index contributed by atoms with van der Waals surface area (Å²) in [5, 5.41) is 16.8. The van der Waals surface area contributed by atoms with Gasteiger partial charge >= 0.3 is 0 Å². The molecule has 1 saturated heterocycles. The fourth-order valence-electron chi connectivity index (χ4n) is 1.18. The molecule has 1 aromatic rings. The number of aliphatic hydroxyl groups is 1. The van der Waals surface area contributed by atoms with Crippen LogP contribution in [0.3, 0.4) is 0 Å². The van der Waals surface area contributed by atoms with Gasteiger partial charge in [-0.1, -0.05) is 5.21 Å². The van der Waals surface area contributed by atoms with Gasteiger partial charge in [-0.25, -0.2) is 4.68 Å². The van der Waals surface area contributed by atoms with Gasteiger partial charge in [0, 0.05) is 6.20 Å². The highest BCUT2D eigenvalue weighted by atomic mass is 16.5. The van der Waals surface area contributed by atoms with Gasteiger partial charge in [-0.2, -0.15) is 0 Å². The molecule has 11 heavy (non-hydrogen) atoms. The smallest absolute Gasteiger partial charge is 0.105 e. The Hall–Kier alpha value is -0.940. The minimum Gasteiger partial charge on any atom is -0.388 e. The van der Waals surface area contributed by atoms with E-state index in [1.54, 1.807) is 17.1 Å². The largest absolute Gasteiger partial charge is 0.388 e. The van der Waals surface area contributed by atoms with Crippen LogP contribution in [0.5, 0.6) is 0 Å². The molecule has 0 unspecified atom stereocenters. The van der Waals surface area contributed by atoms with Crippen molar-refractivity contribution < 1.29 is 9.84 Å². The number of hydrogen-bond donors (Lipinski definition) is 1. The van der Waals surface area contributed by atoms with Crippen molar-refractivity contribution in [2.45, 2.75) is 12.1 Å². The predicted molar refractivity (Wildman–Crippen MR) is 35.9 cm³/mol. The highest BCUT2D eigenvalue weighted by Gasteiger charge is 2.27. The third-order valence-electron chi connectivity index (χ3n) is 1.80. The van der Waals surface area contributed by atoms with Crippen LogP contribution in [0.25, 0.3) is 0 Å². The summed E-state index contributed by atoms with van der Waals surface area (Å²) in [7, 11) is 0. The molecule has 2 atom stereocenters. The Morgan fingerprint density at radius 3 is 3.00 bits per heavy atom. The van der Waals surface area contributed by atoms with E-state index < -0.39 is 6.10 Å². The summed E-state index contributed by atoms with van der Waals surface area (Å²) in [4.78, 5) is 0. The Labute approximate surface area is 63.6 Å². The van der Waals surface area contributed by atoms with E-state index in [9.17, 15) is 5.11 Å². The van der Waals surface area contributed by atoms with Crippen LogP contribution in [0.4, 0.5) is 0 Å².